The van der Waals surface area contributed by atoms with Gasteiger partial charge < -0.3 is 24.2 Å². The third kappa shape index (κ3) is 4.96. The molecule has 2 bridgehead atoms. The highest BCUT2D eigenvalue weighted by Gasteiger charge is 2.47. The van der Waals surface area contributed by atoms with Gasteiger partial charge in [0.1, 0.15) is 18.1 Å². The van der Waals surface area contributed by atoms with Crippen molar-refractivity contribution in [3.8, 4) is 11.5 Å². The van der Waals surface area contributed by atoms with Gasteiger partial charge in [-0.2, -0.15) is 0 Å². The SMILES string of the molecule is COc1cc(CC2(O)CC3CCCC(C2)N3C(=O)OCc2ccccc2)cc(OC)c1. The zero-order chi connectivity index (χ0) is 21.8. The van der Waals surface area contributed by atoms with Crippen molar-refractivity contribution in [2.75, 3.05) is 14.2 Å². The molecular formula is C25H31NO5. The number of rotatable bonds is 6. The minimum absolute atomic E-state index is 0.00623. The van der Waals surface area contributed by atoms with Gasteiger partial charge in [0.05, 0.1) is 19.8 Å². The average molecular weight is 426 g/mol. The van der Waals surface area contributed by atoms with Gasteiger partial charge in [-0.05, 0) is 55.4 Å². The summed E-state index contributed by atoms with van der Waals surface area (Å²) in [6.45, 7) is 0.267. The van der Waals surface area contributed by atoms with Gasteiger partial charge in [-0.3, -0.25) is 0 Å². The van der Waals surface area contributed by atoms with Crippen molar-refractivity contribution in [1.82, 2.24) is 4.90 Å². The molecule has 2 aromatic carbocycles. The number of hydrogen-bond donors (Lipinski definition) is 1. The van der Waals surface area contributed by atoms with E-state index in [1.165, 1.54) is 0 Å². The lowest BCUT2D eigenvalue weighted by molar-refractivity contribution is -0.0846. The highest BCUT2D eigenvalue weighted by molar-refractivity contribution is 5.69. The lowest BCUT2D eigenvalue weighted by Gasteiger charge is -2.51. The van der Waals surface area contributed by atoms with Crippen LogP contribution in [0.25, 0.3) is 0 Å². The second-order valence-corrected chi connectivity index (χ2v) is 8.72. The van der Waals surface area contributed by atoms with E-state index < -0.39 is 5.60 Å². The third-order valence-electron chi connectivity index (χ3n) is 6.45. The maximum atomic E-state index is 12.9. The average Bonchev–Trinajstić information content (AvgIpc) is 2.77. The standard InChI is InChI=1S/C25H31NO5/c1-29-22-11-19(12-23(13-22)30-2)14-25(28)15-20-9-6-10-21(16-25)26(20)24(27)31-17-18-7-4-3-5-8-18/h3-5,7-8,11-13,20-21,28H,6,9-10,14-17H2,1-2H3. The fraction of sp³-hybridized carbons (Fsp3) is 0.480. The Morgan fingerprint density at radius 2 is 1.61 bits per heavy atom. The number of benzene rings is 2. The molecule has 2 atom stereocenters. The predicted octanol–water partition coefficient (Wildman–Crippen LogP) is 4.33. The monoisotopic (exact) mass is 425 g/mol. The summed E-state index contributed by atoms with van der Waals surface area (Å²) in [5, 5.41) is 11.5. The van der Waals surface area contributed by atoms with Crippen LogP contribution in [0.3, 0.4) is 0 Å². The Hall–Kier alpha value is -2.73. The van der Waals surface area contributed by atoms with Crippen LogP contribution >= 0.6 is 0 Å². The van der Waals surface area contributed by atoms with Gasteiger partial charge in [0.25, 0.3) is 0 Å². The smallest absolute Gasteiger partial charge is 0.410 e. The number of fused-ring (bicyclic) bond motifs is 2. The van der Waals surface area contributed by atoms with Gasteiger partial charge in [-0.25, -0.2) is 4.79 Å². The number of piperidine rings is 2. The highest BCUT2D eigenvalue weighted by Crippen LogP contribution is 2.41. The third-order valence-corrected chi connectivity index (χ3v) is 6.45. The van der Waals surface area contributed by atoms with Crippen molar-refractivity contribution < 1.29 is 24.1 Å². The Balaban J connectivity index is 1.45. The molecule has 2 aromatic rings. The van der Waals surface area contributed by atoms with Crippen LogP contribution in [-0.2, 0) is 17.8 Å². The predicted molar refractivity (Wildman–Crippen MR) is 117 cm³/mol. The van der Waals surface area contributed by atoms with E-state index in [1.807, 2.05) is 53.4 Å². The van der Waals surface area contributed by atoms with Crippen LogP contribution in [0.1, 0.15) is 43.2 Å². The molecule has 2 heterocycles. The first-order chi connectivity index (χ1) is 15.0. The van der Waals surface area contributed by atoms with E-state index in [4.69, 9.17) is 14.2 Å². The molecule has 2 saturated heterocycles. The largest absolute Gasteiger partial charge is 0.497 e. The van der Waals surface area contributed by atoms with Crippen molar-refractivity contribution in [3.05, 3.63) is 59.7 Å². The van der Waals surface area contributed by atoms with Crippen molar-refractivity contribution in [2.45, 2.75) is 62.8 Å². The van der Waals surface area contributed by atoms with E-state index in [2.05, 4.69) is 0 Å². The number of aliphatic hydroxyl groups is 1. The summed E-state index contributed by atoms with van der Waals surface area (Å²) in [6.07, 6.45) is 4.17. The molecule has 1 amide bonds. The zero-order valence-corrected chi connectivity index (χ0v) is 18.3. The number of hydrogen-bond acceptors (Lipinski definition) is 5. The molecule has 2 aliphatic rings. The maximum Gasteiger partial charge on any atom is 0.410 e. The summed E-state index contributed by atoms with van der Waals surface area (Å²) in [4.78, 5) is 14.8. The zero-order valence-electron chi connectivity index (χ0n) is 18.3. The summed E-state index contributed by atoms with van der Waals surface area (Å²) < 4.78 is 16.4. The molecule has 0 spiro atoms. The quantitative estimate of drug-likeness (QED) is 0.746. The van der Waals surface area contributed by atoms with Crippen LogP contribution in [0.4, 0.5) is 4.79 Å². The van der Waals surface area contributed by atoms with E-state index in [1.54, 1.807) is 14.2 Å². The first-order valence-corrected chi connectivity index (χ1v) is 10.9. The lowest BCUT2D eigenvalue weighted by atomic mass is 9.73. The van der Waals surface area contributed by atoms with Crippen molar-refractivity contribution in [3.63, 3.8) is 0 Å². The minimum Gasteiger partial charge on any atom is -0.497 e. The van der Waals surface area contributed by atoms with Crippen LogP contribution in [0.5, 0.6) is 11.5 Å². The summed E-state index contributed by atoms with van der Waals surface area (Å²) >= 11 is 0. The molecule has 0 saturated carbocycles. The highest BCUT2D eigenvalue weighted by atomic mass is 16.6. The molecular weight excluding hydrogens is 394 g/mol. The minimum atomic E-state index is -0.872. The number of amides is 1. The lowest BCUT2D eigenvalue weighted by Crippen LogP contribution is -2.60. The van der Waals surface area contributed by atoms with Crippen LogP contribution < -0.4 is 9.47 Å². The molecule has 0 aromatic heterocycles. The molecule has 0 aliphatic carbocycles. The maximum absolute atomic E-state index is 12.9. The molecule has 2 aliphatic heterocycles. The topological polar surface area (TPSA) is 68.2 Å². The van der Waals surface area contributed by atoms with Gasteiger partial charge in [0, 0.05) is 24.6 Å². The van der Waals surface area contributed by atoms with Crippen LogP contribution in [-0.4, -0.2) is 48.0 Å². The number of methoxy groups -OCH3 is 2. The van der Waals surface area contributed by atoms with Crippen LogP contribution in [0.15, 0.2) is 48.5 Å². The molecule has 2 unspecified atom stereocenters. The molecule has 6 heteroatoms. The molecule has 1 N–H and O–H groups in total. The summed E-state index contributed by atoms with van der Waals surface area (Å²) in [6, 6.07) is 15.4. The Morgan fingerprint density at radius 3 is 2.19 bits per heavy atom. The first kappa shape index (κ1) is 21.5. The van der Waals surface area contributed by atoms with E-state index >= 15 is 0 Å². The number of ether oxygens (including phenoxy) is 3. The molecule has 0 radical (unpaired) electrons. The Labute approximate surface area is 183 Å². The molecule has 2 fully saturated rings. The van der Waals surface area contributed by atoms with E-state index in [0.717, 1.165) is 30.4 Å². The van der Waals surface area contributed by atoms with Crippen LogP contribution in [0.2, 0.25) is 0 Å². The number of nitrogens with zero attached hydrogens (tertiary/aromatic N) is 1. The van der Waals surface area contributed by atoms with Crippen molar-refractivity contribution in [1.29, 1.82) is 0 Å². The molecule has 4 rings (SSSR count). The van der Waals surface area contributed by atoms with Gasteiger partial charge in [0.15, 0.2) is 0 Å². The van der Waals surface area contributed by atoms with Crippen LogP contribution in [0, 0.1) is 0 Å². The van der Waals surface area contributed by atoms with Crippen molar-refractivity contribution >= 4 is 6.09 Å². The summed E-state index contributed by atoms with van der Waals surface area (Å²) in [5.41, 5.74) is 1.07. The molecule has 6 nitrogen and oxygen atoms in total. The van der Waals surface area contributed by atoms with Gasteiger partial charge >= 0.3 is 6.09 Å². The first-order valence-electron chi connectivity index (χ1n) is 10.9. The van der Waals surface area contributed by atoms with E-state index in [9.17, 15) is 9.90 Å². The van der Waals surface area contributed by atoms with Gasteiger partial charge in [-0.15, -0.1) is 0 Å². The normalized spacial score (nSPS) is 25.1. The number of carbonyl (C=O) groups is 1. The molecule has 31 heavy (non-hydrogen) atoms. The summed E-state index contributed by atoms with van der Waals surface area (Å²) in [5.74, 6) is 1.42. The molecule has 166 valence electrons. The van der Waals surface area contributed by atoms with Gasteiger partial charge in [-0.1, -0.05) is 30.3 Å². The second-order valence-electron chi connectivity index (χ2n) is 8.72. The summed E-state index contributed by atoms with van der Waals surface area (Å²) in [7, 11) is 3.24. The van der Waals surface area contributed by atoms with Gasteiger partial charge in [0.2, 0.25) is 0 Å². The second kappa shape index (κ2) is 9.18. The van der Waals surface area contributed by atoms with E-state index in [-0.39, 0.29) is 24.8 Å². The number of carbonyl (C=O) groups excluding carboxylic acids is 1. The Morgan fingerprint density at radius 1 is 1.00 bits per heavy atom. The Bertz CT molecular complexity index is 864. The Kier molecular flexibility index (Phi) is 6.37. The van der Waals surface area contributed by atoms with Crippen molar-refractivity contribution in [2.24, 2.45) is 0 Å². The fourth-order valence-corrected chi connectivity index (χ4v) is 5.11. The van der Waals surface area contributed by atoms with E-state index in [0.29, 0.717) is 30.8 Å². The fourth-order valence-electron chi connectivity index (χ4n) is 5.11.